The Balaban J connectivity index is 2.56. The van der Waals surface area contributed by atoms with E-state index in [1.165, 1.54) is 4.90 Å². The first kappa shape index (κ1) is 9.28. The quantitative estimate of drug-likeness (QED) is 0.607. The largest absolute Gasteiger partial charge is 0.465 e. The van der Waals surface area contributed by atoms with Crippen LogP contribution in [0.15, 0.2) is 0 Å². The van der Waals surface area contributed by atoms with E-state index in [0.29, 0.717) is 13.0 Å². The van der Waals surface area contributed by atoms with Gasteiger partial charge in [-0.3, -0.25) is 0 Å². The van der Waals surface area contributed by atoms with Crippen molar-refractivity contribution in [2.24, 2.45) is 0 Å². The average molecular weight is 175 g/mol. The second kappa shape index (κ2) is 3.73. The van der Waals surface area contributed by atoms with Gasteiger partial charge in [0.25, 0.3) is 0 Å². The van der Waals surface area contributed by atoms with Crippen molar-refractivity contribution in [2.75, 3.05) is 20.3 Å². The summed E-state index contributed by atoms with van der Waals surface area (Å²) in [5.74, 6) is 0. The van der Waals surface area contributed by atoms with Gasteiger partial charge in [-0.1, -0.05) is 0 Å². The number of aliphatic hydroxyl groups is 1. The van der Waals surface area contributed by atoms with E-state index in [-0.39, 0.29) is 18.8 Å². The minimum Gasteiger partial charge on any atom is -0.465 e. The second-order valence-electron chi connectivity index (χ2n) is 2.86. The zero-order valence-electron chi connectivity index (χ0n) is 6.93. The Hall–Kier alpha value is -0.810. The summed E-state index contributed by atoms with van der Waals surface area (Å²) < 4.78 is 5.01. The molecule has 0 unspecified atom stereocenters. The number of ether oxygens (including phenoxy) is 1. The highest BCUT2D eigenvalue weighted by atomic mass is 16.5. The van der Waals surface area contributed by atoms with Gasteiger partial charge < -0.3 is 19.8 Å². The fraction of sp³-hybridized carbons (Fsp3) is 0.857. The molecule has 0 aromatic heterocycles. The molecule has 5 heteroatoms. The SMILES string of the molecule is CO[C@H]1C[C@H](CO)N(C(=O)O)C1. The Morgan fingerprint density at radius 1 is 1.75 bits per heavy atom. The number of likely N-dealkylation sites (tertiary alicyclic amines) is 1. The summed E-state index contributed by atoms with van der Waals surface area (Å²) >= 11 is 0. The number of amides is 1. The van der Waals surface area contributed by atoms with Crippen molar-refractivity contribution in [1.82, 2.24) is 4.90 Å². The van der Waals surface area contributed by atoms with Crippen LogP contribution >= 0.6 is 0 Å². The third kappa shape index (κ3) is 1.67. The highest BCUT2D eigenvalue weighted by Crippen LogP contribution is 2.19. The zero-order chi connectivity index (χ0) is 9.14. The lowest BCUT2D eigenvalue weighted by atomic mass is 10.2. The topological polar surface area (TPSA) is 70.0 Å². The number of carboxylic acid groups (broad SMARTS) is 1. The van der Waals surface area contributed by atoms with Gasteiger partial charge in [0.1, 0.15) is 0 Å². The number of carbonyl (C=O) groups is 1. The molecule has 1 aliphatic heterocycles. The Labute approximate surface area is 70.5 Å². The molecule has 0 aromatic carbocycles. The van der Waals surface area contributed by atoms with Gasteiger partial charge in [0, 0.05) is 7.11 Å². The molecule has 0 saturated carbocycles. The molecule has 1 fully saturated rings. The maximum Gasteiger partial charge on any atom is 0.407 e. The summed E-state index contributed by atoms with van der Waals surface area (Å²) in [5, 5.41) is 17.5. The van der Waals surface area contributed by atoms with Gasteiger partial charge in [0.15, 0.2) is 0 Å². The molecule has 5 nitrogen and oxygen atoms in total. The van der Waals surface area contributed by atoms with E-state index < -0.39 is 6.09 Å². The molecule has 2 atom stereocenters. The van der Waals surface area contributed by atoms with Crippen LogP contribution in [-0.4, -0.2) is 53.6 Å². The van der Waals surface area contributed by atoms with Crippen LogP contribution in [0.2, 0.25) is 0 Å². The third-order valence-electron chi connectivity index (χ3n) is 2.17. The van der Waals surface area contributed by atoms with Gasteiger partial charge in [-0.2, -0.15) is 0 Å². The van der Waals surface area contributed by atoms with Crippen molar-refractivity contribution in [3.05, 3.63) is 0 Å². The number of nitrogens with zero attached hydrogens (tertiary/aromatic N) is 1. The summed E-state index contributed by atoms with van der Waals surface area (Å²) in [5.41, 5.74) is 0. The summed E-state index contributed by atoms with van der Waals surface area (Å²) in [7, 11) is 1.55. The lowest BCUT2D eigenvalue weighted by molar-refractivity contribution is 0.101. The smallest absolute Gasteiger partial charge is 0.407 e. The van der Waals surface area contributed by atoms with Crippen molar-refractivity contribution in [3.8, 4) is 0 Å². The van der Waals surface area contributed by atoms with E-state index in [1.54, 1.807) is 7.11 Å². The van der Waals surface area contributed by atoms with E-state index in [0.717, 1.165) is 0 Å². The van der Waals surface area contributed by atoms with Crippen LogP contribution in [0.3, 0.4) is 0 Å². The number of aliphatic hydroxyl groups excluding tert-OH is 1. The van der Waals surface area contributed by atoms with Crippen molar-refractivity contribution in [2.45, 2.75) is 18.6 Å². The molecule has 1 amide bonds. The van der Waals surface area contributed by atoms with Crippen molar-refractivity contribution < 1.29 is 19.7 Å². The predicted molar refractivity (Wildman–Crippen MR) is 41.0 cm³/mol. The third-order valence-corrected chi connectivity index (χ3v) is 2.17. The first-order valence-electron chi connectivity index (χ1n) is 3.82. The molecule has 0 aromatic rings. The van der Waals surface area contributed by atoms with Crippen molar-refractivity contribution in [1.29, 1.82) is 0 Å². The monoisotopic (exact) mass is 175 g/mol. The molecular weight excluding hydrogens is 162 g/mol. The van der Waals surface area contributed by atoms with Crippen LogP contribution in [-0.2, 0) is 4.74 Å². The standard InChI is InChI=1S/C7H13NO4/c1-12-6-2-5(4-9)8(3-6)7(10)11/h5-6,9H,2-4H2,1H3,(H,10,11)/t5-,6+/m1/s1. The molecule has 0 aliphatic carbocycles. The van der Waals surface area contributed by atoms with E-state index in [9.17, 15) is 4.79 Å². The minimum absolute atomic E-state index is 0.0711. The van der Waals surface area contributed by atoms with Crippen LogP contribution in [0.25, 0.3) is 0 Å². The summed E-state index contributed by atoms with van der Waals surface area (Å²) in [6, 6.07) is -0.299. The van der Waals surface area contributed by atoms with Gasteiger partial charge in [-0.05, 0) is 6.42 Å². The van der Waals surface area contributed by atoms with E-state index in [1.807, 2.05) is 0 Å². The van der Waals surface area contributed by atoms with Gasteiger partial charge in [-0.25, -0.2) is 4.79 Å². The second-order valence-corrected chi connectivity index (χ2v) is 2.86. The molecular formula is C7H13NO4. The maximum absolute atomic E-state index is 10.6. The lowest BCUT2D eigenvalue weighted by Crippen LogP contribution is -2.36. The van der Waals surface area contributed by atoms with Gasteiger partial charge >= 0.3 is 6.09 Å². The molecule has 0 spiro atoms. The fourth-order valence-electron chi connectivity index (χ4n) is 1.45. The Kier molecular flexibility index (Phi) is 2.88. The van der Waals surface area contributed by atoms with Crippen LogP contribution in [0, 0.1) is 0 Å². The molecule has 70 valence electrons. The zero-order valence-corrected chi connectivity index (χ0v) is 6.93. The van der Waals surface area contributed by atoms with Gasteiger partial charge in [-0.15, -0.1) is 0 Å². The predicted octanol–water partition coefficient (Wildman–Crippen LogP) is -0.254. The number of rotatable bonds is 2. The van der Waals surface area contributed by atoms with Gasteiger partial charge in [0.05, 0.1) is 25.3 Å². The van der Waals surface area contributed by atoms with Crippen LogP contribution in [0.5, 0.6) is 0 Å². The van der Waals surface area contributed by atoms with E-state index >= 15 is 0 Å². The molecule has 1 aliphatic rings. The maximum atomic E-state index is 10.6. The van der Waals surface area contributed by atoms with Gasteiger partial charge in [0.2, 0.25) is 0 Å². The van der Waals surface area contributed by atoms with Crippen molar-refractivity contribution in [3.63, 3.8) is 0 Å². The summed E-state index contributed by atoms with van der Waals surface area (Å²) in [6.07, 6.45) is -0.480. The first-order chi connectivity index (χ1) is 5.69. The van der Waals surface area contributed by atoms with E-state index in [4.69, 9.17) is 14.9 Å². The molecule has 0 radical (unpaired) electrons. The number of hydrogen-bond acceptors (Lipinski definition) is 3. The molecule has 2 N–H and O–H groups in total. The Bertz CT molecular complexity index is 173. The van der Waals surface area contributed by atoms with Crippen molar-refractivity contribution >= 4 is 6.09 Å². The summed E-state index contributed by atoms with van der Waals surface area (Å²) in [6.45, 7) is 0.225. The highest BCUT2D eigenvalue weighted by molar-refractivity contribution is 5.66. The van der Waals surface area contributed by atoms with Crippen LogP contribution < -0.4 is 0 Å². The average Bonchev–Trinajstić information content (AvgIpc) is 2.47. The molecule has 0 bridgehead atoms. The lowest BCUT2D eigenvalue weighted by Gasteiger charge is -2.18. The number of methoxy groups -OCH3 is 1. The van der Waals surface area contributed by atoms with Crippen LogP contribution in [0.4, 0.5) is 4.79 Å². The minimum atomic E-state index is -0.992. The molecule has 12 heavy (non-hydrogen) atoms. The number of hydrogen-bond donors (Lipinski definition) is 2. The normalized spacial score (nSPS) is 29.3. The first-order valence-corrected chi connectivity index (χ1v) is 3.82. The summed E-state index contributed by atoms with van der Waals surface area (Å²) in [4.78, 5) is 11.8. The van der Waals surface area contributed by atoms with E-state index in [2.05, 4.69) is 0 Å². The Morgan fingerprint density at radius 3 is 2.75 bits per heavy atom. The molecule has 1 saturated heterocycles. The highest BCUT2D eigenvalue weighted by Gasteiger charge is 2.34. The molecule has 1 heterocycles. The van der Waals surface area contributed by atoms with Crippen LogP contribution in [0.1, 0.15) is 6.42 Å². The fourth-order valence-corrected chi connectivity index (χ4v) is 1.45. The Morgan fingerprint density at radius 2 is 2.42 bits per heavy atom. The molecule has 1 rings (SSSR count).